The molecule has 0 aliphatic rings. The number of carbonyl (C=O) groups is 1. The van der Waals surface area contributed by atoms with Crippen LogP contribution in [-0.4, -0.2) is 29.1 Å². The average Bonchev–Trinajstić information content (AvgIpc) is 2.29. The van der Waals surface area contributed by atoms with Crippen LogP contribution in [0, 0.1) is 11.6 Å². The molecule has 0 fully saturated rings. The maximum atomic E-state index is 13.6. The molecule has 0 saturated carbocycles. The van der Waals surface area contributed by atoms with Crippen LogP contribution in [0.3, 0.4) is 0 Å². The van der Waals surface area contributed by atoms with E-state index in [0.717, 1.165) is 18.2 Å². The van der Waals surface area contributed by atoms with E-state index in [0.29, 0.717) is 13.1 Å². The molecule has 0 saturated heterocycles. The van der Waals surface area contributed by atoms with E-state index >= 15 is 0 Å². The number of halogens is 2. The lowest BCUT2D eigenvalue weighted by molar-refractivity contribution is -0.143. The SMILES string of the molecule is CCN(CC)C(C(=O)O)c1cc(F)ccc1F. The molecule has 0 aromatic heterocycles. The van der Waals surface area contributed by atoms with Crippen LogP contribution in [0.2, 0.25) is 0 Å². The molecule has 1 rings (SSSR count). The summed E-state index contributed by atoms with van der Waals surface area (Å²) in [5.74, 6) is -2.52. The number of carboxylic acids is 1. The third kappa shape index (κ3) is 3.00. The van der Waals surface area contributed by atoms with Crippen molar-refractivity contribution >= 4 is 5.97 Å². The summed E-state index contributed by atoms with van der Waals surface area (Å²) < 4.78 is 26.6. The Balaban J connectivity index is 3.22. The molecule has 1 atom stereocenters. The highest BCUT2D eigenvalue weighted by Crippen LogP contribution is 2.24. The Hall–Kier alpha value is -1.49. The van der Waals surface area contributed by atoms with Crippen LogP contribution >= 0.6 is 0 Å². The molecule has 0 radical (unpaired) electrons. The Morgan fingerprint density at radius 3 is 2.41 bits per heavy atom. The van der Waals surface area contributed by atoms with Crippen LogP contribution in [-0.2, 0) is 4.79 Å². The first-order chi connectivity index (χ1) is 8.01. The summed E-state index contributed by atoms with van der Waals surface area (Å²) >= 11 is 0. The third-order valence-corrected chi connectivity index (χ3v) is 2.66. The molecule has 3 nitrogen and oxygen atoms in total. The van der Waals surface area contributed by atoms with Crippen LogP contribution < -0.4 is 0 Å². The van der Waals surface area contributed by atoms with Gasteiger partial charge in [-0.2, -0.15) is 0 Å². The van der Waals surface area contributed by atoms with Crippen molar-refractivity contribution in [1.29, 1.82) is 0 Å². The first-order valence-electron chi connectivity index (χ1n) is 5.43. The number of aliphatic carboxylic acids is 1. The second-order valence-corrected chi connectivity index (χ2v) is 3.63. The van der Waals surface area contributed by atoms with Crippen molar-refractivity contribution in [2.75, 3.05) is 13.1 Å². The first-order valence-corrected chi connectivity index (χ1v) is 5.43. The van der Waals surface area contributed by atoms with Gasteiger partial charge in [0.05, 0.1) is 0 Å². The fraction of sp³-hybridized carbons (Fsp3) is 0.417. The van der Waals surface area contributed by atoms with Crippen molar-refractivity contribution in [2.24, 2.45) is 0 Å². The van der Waals surface area contributed by atoms with Gasteiger partial charge in [-0.25, -0.2) is 8.78 Å². The van der Waals surface area contributed by atoms with Gasteiger partial charge in [0.25, 0.3) is 0 Å². The van der Waals surface area contributed by atoms with Crippen LogP contribution in [0.1, 0.15) is 25.5 Å². The van der Waals surface area contributed by atoms with Gasteiger partial charge in [0.15, 0.2) is 0 Å². The maximum Gasteiger partial charge on any atom is 0.325 e. The molecule has 0 amide bonds. The Labute approximate surface area is 98.7 Å². The number of benzene rings is 1. The molecule has 0 heterocycles. The maximum absolute atomic E-state index is 13.6. The van der Waals surface area contributed by atoms with Gasteiger partial charge >= 0.3 is 5.97 Å². The summed E-state index contributed by atoms with van der Waals surface area (Å²) in [6.07, 6.45) is 0. The minimum atomic E-state index is -1.18. The second kappa shape index (κ2) is 5.72. The molecule has 1 unspecified atom stereocenters. The van der Waals surface area contributed by atoms with Crippen LogP contribution in [0.15, 0.2) is 18.2 Å². The summed E-state index contributed by atoms with van der Waals surface area (Å²) in [5, 5.41) is 9.14. The summed E-state index contributed by atoms with van der Waals surface area (Å²) in [6.45, 7) is 4.44. The Kier molecular flexibility index (Phi) is 4.57. The van der Waals surface area contributed by atoms with E-state index in [1.165, 1.54) is 0 Å². The van der Waals surface area contributed by atoms with E-state index < -0.39 is 23.6 Å². The molecule has 0 bridgehead atoms. The fourth-order valence-electron chi connectivity index (χ4n) is 1.80. The molecule has 1 N–H and O–H groups in total. The van der Waals surface area contributed by atoms with E-state index in [4.69, 9.17) is 5.11 Å². The zero-order valence-corrected chi connectivity index (χ0v) is 9.78. The van der Waals surface area contributed by atoms with Crippen molar-refractivity contribution in [2.45, 2.75) is 19.9 Å². The summed E-state index contributed by atoms with van der Waals surface area (Å²) in [5.41, 5.74) is -0.138. The largest absolute Gasteiger partial charge is 0.480 e. The monoisotopic (exact) mass is 243 g/mol. The predicted molar refractivity (Wildman–Crippen MR) is 59.7 cm³/mol. The van der Waals surface area contributed by atoms with Gasteiger partial charge in [0, 0.05) is 5.56 Å². The number of nitrogens with zero attached hydrogens (tertiary/aromatic N) is 1. The highest BCUT2D eigenvalue weighted by Gasteiger charge is 2.28. The van der Waals surface area contributed by atoms with Crippen LogP contribution in [0.25, 0.3) is 0 Å². The van der Waals surface area contributed by atoms with Gasteiger partial charge in [-0.15, -0.1) is 0 Å². The van der Waals surface area contributed by atoms with Crippen molar-refractivity contribution in [1.82, 2.24) is 4.90 Å². The second-order valence-electron chi connectivity index (χ2n) is 3.63. The molecule has 0 aliphatic heterocycles. The van der Waals surface area contributed by atoms with Gasteiger partial charge in [-0.1, -0.05) is 13.8 Å². The Morgan fingerprint density at radius 2 is 1.94 bits per heavy atom. The van der Waals surface area contributed by atoms with Gasteiger partial charge in [-0.05, 0) is 31.3 Å². The molecule has 1 aromatic carbocycles. The minimum Gasteiger partial charge on any atom is -0.480 e. The van der Waals surface area contributed by atoms with Crippen molar-refractivity contribution in [3.8, 4) is 0 Å². The van der Waals surface area contributed by atoms with Gasteiger partial charge < -0.3 is 5.11 Å². The molecular formula is C12H15F2NO2. The standard InChI is InChI=1S/C12H15F2NO2/c1-3-15(4-2)11(12(16)17)9-7-8(13)5-6-10(9)14/h5-7,11H,3-4H2,1-2H3,(H,16,17). The van der Waals surface area contributed by atoms with E-state index in [1.54, 1.807) is 18.7 Å². The van der Waals surface area contributed by atoms with Crippen molar-refractivity contribution < 1.29 is 18.7 Å². The fourth-order valence-corrected chi connectivity index (χ4v) is 1.80. The number of rotatable bonds is 5. The van der Waals surface area contributed by atoms with Crippen LogP contribution in [0.5, 0.6) is 0 Å². The molecule has 94 valence electrons. The van der Waals surface area contributed by atoms with Gasteiger partial charge in [0.1, 0.15) is 17.7 Å². The zero-order valence-electron chi connectivity index (χ0n) is 9.78. The number of carboxylic acid groups (broad SMARTS) is 1. The Morgan fingerprint density at radius 1 is 1.35 bits per heavy atom. The lowest BCUT2D eigenvalue weighted by Gasteiger charge is -2.26. The summed E-state index contributed by atoms with van der Waals surface area (Å²) in [7, 11) is 0. The number of likely N-dealkylation sites (N-methyl/N-ethyl adjacent to an activating group) is 1. The minimum absolute atomic E-state index is 0.138. The predicted octanol–water partition coefficient (Wildman–Crippen LogP) is 2.43. The van der Waals surface area contributed by atoms with Crippen molar-refractivity contribution in [3.05, 3.63) is 35.4 Å². The number of hydrogen-bond donors (Lipinski definition) is 1. The third-order valence-electron chi connectivity index (χ3n) is 2.66. The van der Waals surface area contributed by atoms with Gasteiger partial charge in [-0.3, -0.25) is 9.69 Å². The summed E-state index contributed by atoms with van der Waals surface area (Å²) in [6, 6.07) is 1.71. The van der Waals surface area contributed by atoms with E-state index in [1.807, 2.05) is 0 Å². The van der Waals surface area contributed by atoms with E-state index in [-0.39, 0.29) is 5.56 Å². The lowest BCUT2D eigenvalue weighted by atomic mass is 10.0. The Bertz CT molecular complexity index is 405. The van der Waals surface area contributed by atoms with Crippen molar-refractivity contribution in [3.63, 3.8) is 0 Å². The smallest absolute Gasteiger partial charge is 0.325 e. The first kappa shape index (κ1) is 13.6. The zero-order chi connectivity index (χ0) is 13.0. The highest BCUT2D eigenvalue weighted by molar-refractivity contribution is 5.75. The molecule has 17 heavy (non-hydrogen) atoms. The summed E-state index contributed by atoms with van der Waals surface area (Å²) in [4.78, 5) is 12.7. The molecule has 5 heteroatoms. The normalized spacial score (nSPS) is 12.8. The molecular weight excluding hydrogens is 228 g/mol. The average molecular weight is 243 g/mol. The lowest BCUT2D eigenvalue weighted by Crippen LogP contribution is -2.34. The van der Waals surface area contributed by atoms with Crippen LogP contribution in [0.4, 0.5) is 8.78 Å². The molecule has 0 spiro atoms. The number of hydrogen-bond acceptors (Lipinski definition) is 2. The van der Waals surface area contributed by atoms with E-state index in [2.05, 4.69) is 0 Å². The molecule has 1 aromatic rings. The van der Waals surface area contributed by atoms with Gasteiger partial charge in [0.2, 0.25) is 0 Å². The topological polar surface area (TPSA) is 40.5 Å². The quantitative estimate of drug-likeness (QED) is 0.863. The molecule has 0 aliphatic carbocycles. The highest BCUT2D eigenvalue weighted by atomic mass is 19.1. The van der Waals surface area contributed by atoms with E-state index in [9.17, 15) is 13.6 Å².